The maximum Gasteiger partial charge on any atom is 0.186 e. The monoisotopic (exact) mass is 252 g/mol. The Morgan fingerprint density at radius 2 is 2.24 bits per heavy atom. The van der Waals surface area contributed by atoms with Gasteiger partial charge >= 0.3 is 0 Å². The van der Waals surface area contributed by atoms with Crippen LogP contribution < -0.4 is 5.73 Å². The summed E-state index contributed by atoms with van der Waals surface area (Å²) < 4.78 is 15.3. The Hall–Kier alpha value is -1.40. The number of hydrogen-bond donors (Lipinski definition) is 1. The zero-order valence-electron chi connectivity index (χ0n) is 9.38. The first-order chi connectivity index (χ1) is 8.22. The number of hydrogen-bond acceptors (Lipinski definition) is 4. The van der Waals surface area contributed by atoms with E-state index in [-0.39, 0.29) is 11.1 Å². The summed E-state index contributed by atoms with van der Waals surface area (Å²) in [5, 5.41) is 4.54. The van der Waals surface area contributed by atoms with Crippen LogP contribution in [0.3, 0.4) is 0 Å². The van der Waals surface area contributed by atoms with Crippen molar-refractivity contribution in [2.24, 2.45) is 12.8 Å². The first-order valence-electron chi connectivity index (χ1n) is 5.17. The number of rotatable bonds is 4. The molecule has 4 nitrogen and oxygen atoms in total. The smallest absolute Gasteiger partial charge is 0.186 e. The summed E-state index contributed by atoms with van der Waals surface area (Å²) >= 11 is 1.41. The maximum absolute atomic E-state index is 13.6. The Labute approximate surface area is 103 Å². The van der Waals surface area contributed by atoms with Crippen molar-refractivity contribution in [3.05, 3.63) is 42.0 Å². The minimum absolute atomic E-state index is 0.154. The van der Waals surface area contributed by atoms with Gasteiger partial charge in [0.15, 0.2) is 5.16 Å². The normalized spacial score (nSPS) is 12.6. The molecule has 0 spiro atoms. The molecule has 1 aromatic carbocycles. The third-order valence-corrected chi connectivity index (χ3v) is 3.70. The minimum atomic E-state index is -0.238. The number of nitrogens with two attached hydrogens (primary N) is 1. The number of aromatic nitrogens is 3. The second-order valence-electron chi connectivity index (χ2n) is 3.53. The van der Waals surface area contributed by atoms with E-state index in [1.165, 1.54) is 24.2 Å². The molecule has 1 unspecified atom stereocenters. The van der Waals surface area contributed by atoms with Gasteiger partial charge in [0, 0.05) is 19.2 Å². The van der Waals surface area contributed by atoms with E-state index in [9.17, 15) is 4.39 Å². The van der Waals surface area contributed by atoms with Crippen molar-refractivity contribution in [2.75, 3.05) is 6.54 Å². The van der Waals surface area contributed by atoms with Crippen molar-refractivity contribution in [1.82, 2.24) is 14.8 Å². The van der Waals surface area contributed by atoms with E-state index >= 15 is 0 Å². The SMILES string of the molecule is Cn1ncnc1SC(CN)c1ccccc1F. The lowest BCUT2D eigenvalue weighted by Gasteiger charge is -2.14. The lowest BCUT2D eigenvalue weighted by atomic mass is 10.1. The number of thioether (sulfide) groups is 1. The molecule has 0 bridgehead atoms. The summed E-state index contributed by atoms with van der Waals surface area (Å²) in [4.78, 5) is 4.10. The van der Waals surface area contributed by atoms with Crippen molar-refractivity contribution in [3.63, 3.8) is 0 Å². The van der Waals surface area contributed by atoms with Crippen LogP contribution in [0.4, 0.5) is 4.39 Å². The van der Waals surface area contributed by atoms with Gasteiger partial charge in [0.2, 0.25) is 0 Å². The van der Waals surface area contributed by atoms with Crippen LogP contribution in [-0.4, -0.2) is 21.3 Å². The molecule has 0 saturated carbocycles. The number of aryl methyl sites for hydroxylation is 1. The van der Waals surface area contributed by atoms with Gasteiger partial charge in [-0.1, -0.05) is 30.0 Å². The van der Waals surface area contributed by atoms with E-state index < -0.39 is 0 Å². The van der Waals surface area contributed by atoms with Crippen LogP contribution in [0.5, 0.6) is 0 Å². The Morgan fingerprint density at radius 1 is 1.47 bits per heavy atom. The van der Waals surface area contributed by atoms with E-state index in [4.69, 9.17) is 5.73 Å². The highest BCUT2D eigenvalue weighted by Crippen LogP contribution is 2.33. The largest absolute Gasteiger partial charge is 0.329 e. The van der Waals surface area contributed by atoms with Crippen LogP contribution in [0.15, 0.2) is 35.7 Å². The van der Waals surface area contributed by atoms with Crippen LogP contribution >= 0.6 is 11.8 Å². The summed E-state index contributed by atoms with van der Waals surface area (Å²) in [6, 6.07) is 6.66. The molecule has 2 N–H and O–H groups in total. The average Bonchev–Trinajstić information content (AvgIpc) is 2.73. The molecule has 0 aliphatic rings. The zero-order valence-corrected chi connectivity index (χ0v) is 10.2. The summed E-state index contributed by atoms with van der Waals surface area (Å²) in [5.41, 5.74) is 6.30. The Bertz CT molecular complexity index is 500. The summed E-state index contributed by atoms with van der Waals surface area (Å²) in [5.74, 6) is -0.238. The molecule has 0 saturated heterocycles. The fourth-order valence-electron chi connectivity index (χ4n) is 1.49. The standard InChI is InChI=1S/C11H13FN4S/c1-16-11(14-7-15-16)17-10(6-13)8-4-2-3-5-9(8)12/h2-5,7,10H,6,13H2,1H3. The minimum Gasteiger partial charge on any atom is -0.329 e. The predicted octanol–water partition coefficient (Wildman–Crippen LogP) is 1.75. The third-order valence-electron chi connectivity index (χ3n) is 2.38. The molecular weight excluding hydrogens is 239 g/mol. The Balaban J connectivity index is 2.23. The topological polar surface area (TPSA) is 56.7 Å². The summed E-state index contributed by atoms with van der Waals surface area (Å²) in [6.07, 6.45) is 1.47. The van der Waals surface area contributed by atoms with Crippen molar-refractivity contribution in [1.29, 1.82) is 0 Å². The highest BCUT2D eigenvalue weighted by atomic mass is 32.2. The van der Waals surface area contributed by atoms with Gasteiger partial charge in [-0.3, -0.25) is 0 Å². The van der Waals surface area contributed by atoms with E-state index in [1.807, 2.05) is 0 Å². The predicted molar refractivity (Wildman–Crippen MR) is 65.1 cm³/mol. The van der Waals surface area contributed by atoms with Gasteiger partial charge in [0.1, 0.15) is 12.1 Å². The number of nitrogens with zero attached hydrogens (tertiary/aromatic N) is 3. The number of halogens is 1. The fourth-order valence-corrected chi connectivity index (χ4v) is 2.47. The molecule has 90 valence electrons. The molecule has 0 aliphatic carbocycles. The van der Waals surface area contributed by atoms with Crippen molar-refractivity contribution in [3.8, 4) is 0 Å². The van der Waals surface area contributed by atoms with Gasteiger partial charge in [0.25, 0.3) is 0 Å². The number of benzene rings is 1. The molecule has 0 aliphatic heterocycles. The Kier molecular flexibility index (Phi) is 3.75. The molecule has 1 atom stereocenters. The van der Waals surface area contributed by atoms with Crippen molar-refractivity contribution >= 4 is 11.8 Å². The van der Waals surface area contributed by atoms with Gasteiger partial charge in [-0.15, -0.1) is 0 Å². The molecule has 0 radical (unpaired) electrons. The molecule has 2 rings (SSSR count). The second-order valence-corrected chi connectivity index (χ2v) is 4.70. The quantitative estimate of drug-likeness (QED) is 0.842. The molecule has 1 aromatic heterocycles. The van der Waals surface area contributed by atoms with Crippen LogP contribution in [0, 0.1) is 5.82 Å². The van der Waals surface area contributed by atoms with Crippen LogP contribution in [0.1, 0.15) is 10.8 Å². The van der Waals surface area contributed by atoms with Gasteiger partial charge in [-0.2, -0.15) is 5.10 Å². The summed E-state index contributed by atoms with van der Waals surface area (Å²) in [7, 11) is 1.80. The van der Waals surface area contributed by atoms with Gasteiger partial charge in [0.05, 0.1) is 5.25 Å². The molecule has 6 heteroatoms. The van der Waals surface area contributed by atoms with E-state index in [0.717, 1.165) is 5.16 Å². The molecule has 0 fully saturated rings. The molecule has 1 heterocycles. The van der Waals surface area contributed by atoms with Gasteiger partial charge in [-0.25, -0.2) is 14.1 Å². The zero-order chi connectivity index (χ0) is 12.3. The van der Waals surface area contributed by atoms with Gasteiger partial charge in [-0.05, 0) is 6.07 Å². The van der Waals surface area contributed by atoms with Crippen molar-refractivity contribution < 1.29 is 4.39 Å². The average molecular weight is 252 g/mol. The van der Waals surface area contributed by atoms with Crippen LogP contribution in [-0.2, 0) is 7.05 Å². The highest BCUT2D eigenvalue weighted by Gasteiger charge is 2.17. The first kappa shape index (κ1) is 12.1. The Morgan fingerprint density at radius 3 is 2.82 bits per heavy atom. The molecule has 2 aromatic rings. The van der Waals surface area contributed by atoms with Gasteiger partial charge < -0.3 is 5.73 Å². The highest BCUT2D eigenvalue weighted by molar-refractivity contribution is 7.99. The van der Waals surface area contributed by atoms with Crippen LogP contribution in [0.2, 0.25) is 0 Å². The molecular formula is C11H13FN4S. The first-order valence-corrected chi connectivity index (χ1v) is 6.05. The lowest BCUT2D eigenvalue weighted by Crippen LogP contribution is -2.11. The van der Waals surface area contributed by atoms with E-state index in [2.05, 4.69) is 10.1 Å². The summed E-state index contributed by atoms with van der Waals surface area (Å²) in [6.45, 7) is 0.346. The molecule has 0 amide bonds. The second kappa shape index (κ2) is 5.29. The lowest BCUT2D eigenvalue weighted by molar-refractivity contribution is 0.607. The third kappa shape index (κ3) is 2.65. The van der Waals surface area contributed by atoms with E-state index in [0.29, 0.717) is 12.1 Å². The van der Waals surface area contributed by atoms with Crippen LogP contribution in [0.25, 0.3) is 0 Å². The molecule has 17 heavy (non-hydrogen) atoms. The fraction of sp³-hybridized carbons (Fsp3) is 0.273. The van der Waals surface area contributed by atoms with E-state index in [1.54, 1.807) is 29.9 Å². The van der Waals surface area contributed by atoms with Crippen molar-refractivity contribution in [2.45, 2.75) is 10.4 Å². The maximum atomic E-state index is 13.6.